The summed E-state index contributed by atoms with van der Waals surface area (Å²) < 4.78 is 0. The maximum Gasteiger partial charge on any atom is 0.242 e. The van der Waals surface area contributed by atoms with Crippen LogP contribution in [0.2, 0.25) is 0 Å². The van der Waals surface area contributed by atoms with Gasteiger partial charge in [-0.15, -0.1) is 0 Å². The molecule has 1 saturated heterocycles. The topological polar surface area (TPSA) is 73.5 Å². The summed E-state index contributed by atoms with van der Waals surface area (Å²) in [5.74, 6) is 0.545. The third kappa shape index (κ3) is 7.46. The summed E-state index contributed by atoms with van der Waals surface area (Å²) in [7, 11) is 0. The van der Waals surface area contributed by atoms with E-state index in [4.69, 9.17) is 12.2 Å². The summed E-state index contributed by atoms with van der Waals surface area (Å²) >= 11 is 5.21. The van der Waals surface area contributed by atoms with Gasteiger partial charge in [-0.1, -0.05) is 45.2 Å². The van der Waals surface area contributed by atoms with Crippen LogP contribution in [0.15, 0.2) is 24.3 Å². The Morgan fingerprint density at radius 1 is 1.21 bits per heavy atom. The van der Waals surface area contributed by atoms with Gasteiger partial charge in [-0.2, -0.15) is 0 Å². The molecule has 0 aliphatic carbocycles. The monoisotopic (exact) mass is 404 g/mol. The normalized spacial score (nSPS) is 14.6. The van der Waals surface area contributed by atoms with E-state index in [1.807, 2.05) is 24.3 Å². The smallest absolute Gasteiger partial charge is 0.242 e. The first-order chi connectivity index (χ1) is 13.5. The maximum atomic E-state index is 12.1. The number of nitrogens with one attached hydrogen (secondary N) is 3. The number of hydrazine groups is 1. The van der Waals surface area contributed by atoms with Crippen LogP contribution in [-0.4, -0.2) is 30.0 Å². The van der Waals surface area contributed by atoms with Crippen molar-refractivity contribution in [2.24, 2.45) is 5.92 Å². The Hall–Kier alpha value is -2.15. The van der Waals surface area contributed by atoms with Crippen LogP contribution in [0, 0.1) is 5.92 Å². The van der Waals surface area contributed by atoms with Crippen LogP contribution in [0.4, 0.5) is 5.69 Å². The predicted molar refractivity (Wildman–Crippen MR) is 117 cm³/mol. The van der Waals surface area contributed by atoms with Gasteiger partial charge in [0.25, 0.3) is 0 Å². The minimum atomic E-state index is -0.162. The van der Waals surface area contributed by atoms with Crippen LogP contribution in [0.3, 0.4) is 0 Å². The number of rotatable bonds is 9. The molecule has 28 heavy (non-hydrogen) atoms. The molecule has 2 rings (SSSR count). The van der Waals surface area contributed by atoms with Crippen LogP contribution < -0.4 is 21.1 Å². The molecule has 1 aromatic rings. The first-order valence-electron chi connectivity index (χ1n) is 10.2. The number of carbonyl (C=O) groups excluding carboxylic acids is 2. The molecule has 0 bridgehead atoms. The van der Waals surface area contributed by atoms with Gasteiger partial charge in [-0.3, -0.25) is 20.4 Å². The fourth-order valence-corrected chi connectivity index (χ4v) is 3.36. The maximum absolute atomic E-state index is 12.1. The van der Waals surface area contributed by atoms with Gasteiger partial charge in [0.1, 0.15) is 0 Å². The lowest BCUT2D eigenvalue weighted by atomic mass is 10.0. The fraction of sp³-hybridized carbons (Fsp3) is 0.571. The highest BCUT2D eigenvalue weighted by Crippen LogP contribution is 2.21. The van der Waals surface area contributed by atoms with E-state index in [0.29, 0.717) is 17.5 Å². The molecule has 0 saturated carbocycles. The lowest BCUT2D eigenvalue weighted by Gasteiger charge is -2.16. The van der Waals surface area contributed by atoms with E-state index in [1.165, 1.54) is 25.7 Å². The molecule has 154 valence electrons. The van der Waals surface area contributed by atoms with E-state index < -0.39 is 0 Å². The third-order valence-corrected chi connectivity index (χ3v) is 5.16. The average molecular weight is 405 g/mol. The molecule has 1 heterocycles. The number of unbranched alkanes of at least 4 members (excludes halogenated alkanes) is 2. The summed E-state index contributed by atoms with van der Waals surface area (Å²) in [4.78, 5) is 25.7. The van der Waals surface area contributed by atoms with Crippen molar-refractivity contribution in [2.45, 2.75) is 58.8 Å². The van der Waals surface area contributed by atoms with Crippen molar-refractivity contribution < 1.29 is 9.59 Å². The molecule has 7 heteroatoms. The minimum absolute atomic E-state index is 0.162. The Morgan fingerprint density at radius 2 is 1.96 bits per heavy atom. The van der Waals surface area contributed by atoms with Crippen LogP contribution in [0.25, 0.3) is 0 Å². The Balaban J connectivity index is 1.66. The van der Waals surface area contributed by atoms with Crippen LogP contribution in [0.1, 0.15) is 57.9 Å². The largest absolute Gasteiger partial charge is 0.361 e. The highest BCUT2D eigenvalue weighted by Gasteiger charge is 2.21. The predicted octanol–water partition coefficient (Wildman–Crippen LogP) is 3.07. The Labute approximate surface area is 173 Å². The van der Waals surface area contributed by atoms with Gasteiger partial charge in [0.2, 0.25) is 11.8 Å². The molecule has 0 radical (unpaired) electrons. The SMILES string of the molecule is CCCCC[C@@H](C)CNC(=S)NNC(=O)Cc1ccc(N2CCCC2=O)cc1. The molecule has 1 aliphatic heterocycles. The van der Waals surface area contributed by atoms with E-state index in [1.54, 1.807) is 4.90 Å². The standard InChI is InChI=1S/C21H32N4O2S/c1-3-4-5-7-16(2)15-22-21(28)24-23-19(26)14-17-9-11-18(12-10-17)25-13-6-8-20(25)27/h9-12,16H,3-8,13-15H2,1-2H3,(H,23,26)(H2,22,24,28)/t16-/m1/s1. The fourth-order valence-electron chi connectivity index (χ4n) is 3.23. The minimum Gasteiger partial charge on any atom is -0.361 e. The van der Waals surface area contributed by atoms with Crippen molar-refractivity contribution in [1.29, 1.82) is 0 Å². The molecule has 6 nitrogen and oxygen atoms in total. The second-order valence-electron chi connectivity index (χ2n) is 7.48. The van der Waals surface area contributed by atoms with E-state index in [9.17, 15) is 9.59 Å². The number of nitrogens with zero attached hydrogens (tertiary/aromatic N) is 1. The van der Waals surface area contributed by atoms with E-state index in [2.05, 4.69) is 30.0 Å². The van der Waals surface area contributed by atoms with Gasteiger partial charge in [-0.05, 0) is 48.7 Å². The molecule has 0 spiro atoms. The lowest BCUT2D eigenvalue weighted by molar-refractivity contribution is -0.121. The van der Waals surface area contributed by atoms with Crippen molar-refractivity contribution >= 4 is 34.8 Å². The molecule has 2 amide bonds. The van der Waals surface area contributed by atoms with Crippen LogP contribution in [-0.2, 0) is 16.0 Å². The van der Waals surface area contributed by atoms with Crippen LogP contribution >= 0.6 is 12.2 Å². The zero-order valence-corrected chi connectivity index (χ0v) is 17.7. The number of hydrogen-bond donors (Lipinski definition) is 3. The molecule has 0 unspecified atom stereocenters. The highest BCUT2D eigenvalue weighted by molar-refractivity contribution is 7.80. The summed E-state index contributed by atoms with van der Waals surface area (Å²) in [5.41, 5.74) is 7.16. The Bertz CT molecular complexity index is 663. The van der Waals surface area contributed by atoms with Gasteiger partial charge in [0, 0.05) is 25.2 Å². The zero-order valence-electron chi connectivity index (χ0n) is 16.9. The van der Waals surface area contributed by atoms with Gasteiger partial charge < -0.3 is 10.2 Å². The highest BCUT2D eigenvalue weighted by atomic mass is 32.1. The molecule has 0 aromatic heterocycles. The molecule has 1 atom stereocenters. The average Bonchev–Trinajstić information content (AvgIpc) is 3.11. The summed E-state index contributed by atoms with van der Waals surface area (Å²) in [6.45, 7) is 5.96. The third-order valence-electron chi connectivity index (χ3n) is 4.91. The molecule has 1 aromatic carbocycles. The van der Waals surface area contributed by atoms with Crippen LogP contribution in [0.5, 0.6) is 0 Å². The molecule has 1 fully saturated rings. The quantitative estimate of drug-likeness (QED) is 0.335. The van der Waals surface area contributed by atoms with E-state index in [-0.39, 0.29) is 18.2 Å². The van der Waals surface area contributed by atoms with Crippen molar-refractivity contribution in [3.63, 3.8) is 0 Å². The van der Waals surface area contributed by atoms with Gasteiger partial charge in [0.05, 0.1) is 6.42 Å². The van der Waals surface area contributed by atoms with Gasteiger partial charge in [0.15, 0.2) is 5.11 Å². The van der Waals surface area contributed by atoms with Crippen molar-refractivity contribution in [3.05, 3.63) is 29.8 Å². The van der Waals surface area contributed by atoms with Gasteiger partial charge >= 0.3 is 0 Å². The lowest BCUT2D eigenvalue weighted by Crippen LogP contribution is -2.48. The van der Waals surface area contributed by atoms with Crippen molar-refractivity contribution in [3.8, 4) is 0 Å². The number of carbonyl (C=O) groups is 2. The zero-order chi connectivity index (χ0) is 20.4. The summed E-state index contributed by atoms with van der Waals surface area (Å²) in [6, 6.07) is 7.56. The van der Waals surface area contributed by atoms with Crippen molar-refractivity contribution in [2.75, 3.05) is 18.0 Å². The number of anilines is 1. The number of hydrogen-bond acceptors (Lipinski definition) is 3. The van der Waals surface area contributed by atoms with E-state index >= 15 is 0 Å². The number of amides is 2. The number of benzene rings is 1. The first kappa shape index (κ1) is 22.1. The molecule has 1 aliphatic rings. The van der Waals surface area contributed by atoms with Crippen molar-refractivity contribution in [1.82, 2.24) is 16.2 Å². The summed E-state index contributed by atoms with van der Waals surface area (Å²) in [6.07, 6.45) is 6.66. The summed E-state index contributed by atoms with van der Waals surface area (Å²) in [5, 5.41) is 3.57. The molecular weight excluding hydrogens is 372 g/mol. The Morgan fingerprint density at radius 3 is 2.61 bits per heavy atom. The number of thiocarbonyl (C=S) groups is 1. The Kier molecular flexibility index (Phi) is 9.20. The van der Waals surface area contributed by atoms with Gasteiger partial charge in [-0.25, -0.2) is 0 Å². The second-order valence-corrected chi connectivity index (χ2v) is 7.88. The van der Waals surface area contributed by atoms with E-state index in [0.717, 1.165) is 30.8 Å². The second kappa shape index (κ2) is 11.6. The molecule has 3 N–H and O–H groups in total. The first-order valence-corrected chi connectivity index (χ1v) is 10.6. The molecular formula is C21H32N4O2S.